The Morgan fingerprint density at radius 3 is 2.69 bits per heavy atom. The van der Waals surface area contributed by atoms with Crippen molar-refractivity contribution in [1.82, 2.24) is 4.98 Å². The van der Waals surface area contributed by atoms with Gasteiger partial charge in [-0.3, -0.25) is 0 Å². The van der Waals surface area contributed by atoms with Gasteiger partial charge in [0.2, 0.25) is 0 Å². The Morgan fingerprint density at radius 2 is 2.08 bits per heavy atom. The Balaban J connectivity index is 2.49. The number of hydrogen-bond donors (Lipinski definition) is 1. The van der Waals surface area contributed by atoms with E-state index in [2.05, 4.69) is 4.98 Å². The van der Waals surface area contributed by atoms with Gasteiger partial charge in [-0.15, -0.1) is 0 Å². The molecular weight excluding hydrogens is 189 g/mol. The molecule has 1 aromatic carbocycles. The van der Waals surface area contributed by atoms with Crippen LogP contribution in [0.25, 0.3) is 11.3 Å². The van der Waals surface area contributed by atoms with Gasteiger partial charge in [-0.1, -0.05) is 17.7 Å². The highest BCUT2D eigenvalue weighted by atomic mass is 35.5. The minimum absolute atomic E-state index is 0.148. The molecule has 1 nitrogen and oxygen atoms in total. The second-order valence-electron chi connectivity index (χ2n) is 2.71. The van der Waals surface area contributed by atoms with E-state index in [1.54, 1.807) is 18.3 Å². The van der Waals surface area contributed by atoms with Crippen LogP contribution in [0.5, 0.6) is 0 Å². The molecule has 0 bridgehead atoms. The van der Waals surface area contributed by atoms with Gasteiger partial charge in [-0.05, 0) is 24.3 Å². The van der Waals surface area contributed by atoms with E-state index in [-0.39, 0.29) is 5.02 Å². The predicted octanol–water partition coefficient (Wildman–Crippen LogP) is 3.47. The molecule has 0 aliphatic heterocycles. The lowest BCUT2D eigenvalue weighted by Crippen LogP contribution is -1.80. The molecule has 0 amide bonds. The number of halogens is 2. The van der Waals surface area contributed by atoms with Gasteiger partial charge >= 0.3 is 0 Å². The number of nitrogens with one attached hydrogen (secondary N) is 1. The SMILES string of the molecule is Fc1cc(-c2ccc[nH]2)ccc1Cl. The summed E-state index contributed by atoms with van der Waals surface area (Å²) in [6.07, 6.45) is 1.79. The maximum atomic E-state index is 13.0. The monoisotopic (exact) mass is 195 g/mol. The molecule has 0 aliphatic carbocycles. The zero-order chi connectivity index (χ0) is 9.26. The summed E-state index contributed by atoms with van der Waals surface area (Å²) in [5, 5.41) is 0.148. The predicted molar refractivity (Wildman–Crippen MR) is 51.2 cm³/mol. The average Bonchev–Trinajstić information content (AvgIpc) is 2.62. The van der Waals surface area contributed by atoms with E-state index in [1.807, 2.05) is 12.1 Å². The maximum Gasteiger partial charge on any atom is 0.142 e. The van der Waals surface area contributed by atoms with Crippen LogP contribution >= 0.6 is 11.6 Å². The fourth-order valence-corrected chi connectivity index (χ4v) is 1.29. The number of aromatic nitrogens is 1. The third-order valence-electron chi connectivity index (χ3n) is 1.83. The third-order valence-corrected chi connectivity index (χ3v) is 2.14. The Morgan fingerprint density at radius 1 is 1.23 bits per heavy atom. The lowest BCUT2D eigenvalue weighted by atomic mass is 10.1. The fraction of sp³-hybridized carbons (Fsp3) is 0. The van der Waals surface area contributed by atoms with Crippen molar-refractivity contribution < 1.29 is 4.39 Å². The van der Waals surface area contributed by atoms with Gasteiger partial charge in [0.1, 0.15) is 5.82 Å². The summed E-state index contributed by atoms with van der Waals surface area (Å²) in [4.78, 5) is 2.99. The Labute approximate surface area is 80.2 Å². The number of rotatable bonds is 1. The summed E-state index contributed by atoms with van der Waals surface area (Å²) in [6.45, 7) is 0. The second-order valence-corrected chi connectivity index (χ2v) is 3.12. The van der Waals surface area contributed by atoms with Crippen molar-refractivity contribution in [2.75, 3.05) is 0 Å². The lowest BCUT2D eigenvalue weighted by molar-refractivity contribution is 0.628. The first-order valence-electron chi connectivity index (χ1n) is 3.86. The molecule has 0 fully saturated rings. The van der Waals surface area contributed by atoms with Crippen LogP contribution in [0, 0.1) is 5.82 Å². The molecule has 0 radical (unpaired) electrons. The molecular formula is C10H7ClFN. The topological polar surface area (TPSA) is 15.8 Å². The van der Waals surface area contributed by atoms with Crippen molar-refractivity contribution >= 4 is 11.6 Å². The fourth-order valence-electron chi connectivity index (χ4n) is 1.17. The van der Waals surface area contributed by atoms with Crippen LogP contribution in [0.15, 0.2) is 36.5 Å². The molecule has 2 rings (SSSR count). The molecule has 2 aromatic rings. The van der Waals surface area contributed by atoms with Gasteiger partial charge in [0.25, 0.3) is 0 Å². The first kappa shape index (κ1) is 8.32. The summed E-state index contributed by atoms with van der Waals surface area (Å²) < 4.78 is 13.0. The van der Waals surface area contributed by atoms with Crippen LogP contribution in [0.4, 0.5) is 4.39 Å². The van der Waals surface area contributed by atoms with Crippen molar-refractivity contribution in [3.63, 3.8) is 0 Å². The van der Waals surface area contributed by atoms with Crippen molar-refractivity contribution in [2.45, 2.75) is 0 Å². The van der Waals surface area contributed by atoms with Crippen LogP contribution in [-0.2, 0) is 0 Å². The largest absolute Gasteiger partial charge is 0.361 e. The number of hydrogen-bond acceptors (Lipinski definition) is 0. The van der Waals surface area contributed by atoms with Gasteiger partial charge in [-0.25, -0.2) is 4.39 Å². The van der Waals surface area contributed by atoms with Gasteiger partial charge in [-0.2, -0.15) is 0 Å². The van der Waals surface area contributed by atoms with E-state index >= 15 is 0 Å². The van der Waals surface area contributed by atoms with Gasteiger partial charge in [0, 0.05) is 17.5 Å². The highest BCUT2D eigenvalue weighted by molar-refractivity contribution is 6.30. The molecule has 3 heteroatoms. The molecule has 13 heavy (non-hydrogen) atoms. The van der Waals surface area contributed by atoms with Crippen LogP contribution < -0.4 is 0 Å². The molecule has 0 saturated carbocycles. The molecule has 0 unspecified atom stereocenters. The van der Waals surface area contributed by atoms with Crippen molar-refractivity contribution in [2.24, 2.45) is 0 Å². The average molecular weight is 196 g/mol. The van der Waals surface area contributed by atoms with E-state index in [1.165, 1.54) is 6.07 Å². The first-order valence-corrected chi connectivity index (χ1v) is 4.24. The molecule has 1 aromatic heterocycles. The van der Waals surface area contributed by atoms with Crippen molar-refractivity contribution in [3.05, 3.63) is 47.4 Å². The minimum Gasteiger partial charge on any atom is -0.361 e. The number of benzene rings is 1. The molecule has 0 saturated heterocycles. The molecule has 1 heterocycles. The van der Waals surface area contributed by atoms with E-state index in [9.17, 15) is 4.39 Å². The van der Waals surface area contributed by atoms with Crippen molar-refractivity contribution in [1.29, 1.82) is 0 Å². The van der Waals surface area contributed by atoms with E-state index in [0.717, 1.165) is 11.3 Å². The summed E-state index contributed by atoms with van der Waals surface area (Å²) in [6, 6.07) is 8.48. The van der Waals surface area contributed by atoms with E-state index in [0.29, 0.717) is 0 Å². The Bertz CT molecular complexity index is 409. The maximum absolute atomic E-state index is 13.0. The van der Waals surface area contributed by atoms with Gasteiger partial charge in [0.05, 0.1) is 5.02 Å². The van der Waals surface area contributed by atoms with E-state index in [4.69, 9.17) is 11.6 Å². The quantitative estimate of drug-likeness (QED) is 0.717. The molecule has 1 N–H and O–H groups in total. The highest BCUT2D eigenvalue weighted by Gasteiger charge is 2.02. The van der Waals surface area contributed by atoms with Gasteiger partial charge < -0.3 is 4.98 Å². The van der Waals surface area contributed by atoms with Crippen LogP contribution in [0.2, 0.25) is 5.02 Å². The van der Waals surface area contributed by atoms with Crippen LogP contribution in [-0.4, -0.2) is 4.98 Å². The zero-order valence-corrected chi connectivity index (χ0v) is 7.48. The molecule has 0 aliphatic rings. The normalized spacial score (nSPS) is 10.3. The summed E-state index contributed by atoms with van der Waals surface area (Å²) in [5.74, 6) is -0.395. The smallest absolute Gasteiger partial charge is 0.142 e. The summed E-state index contributed by atoms with van der Waals surface area (Å²) >= 11 is 5.56. The third kappa shape index (κ3) is 1.58. The van der Waals surface area contributed by atoms with Crippen molar-refractivity contribution in [3.8, 4) is 11.3 Å². The highest BCUT2D eigenvalue weighted by Crippen LogP contribution is 2.22. The molecule has 0 spiro atoms. The molecule has 0 atom stereocenters. The van der Waals surface area contributed by atoms with E-state index < -0.39 is 5.82 Å². The van der Waals surface area contributed by atoms with Gasteiger partial charge in [0.15, 0.2) is 0 Å². The second kappa shape index (κ2) is 3.23. The minimum atomic E-state index is -0.395. The Kier molecular flexibility index (Phi) is 2.07. The summed E-state index contributed by atoms with van der Waals surface area (Å²) in [5.41, 5.74) is 1.68. The van der Waals surface area contributed by atoms with Crippen LogP contribution in [0.3, 0.4) is 0 Å². The Hall–Kier alpha value is -1.28. The number of H-pyrrole nitrogens is 1. The number of aromatic amines is 1. The first-order chi connectivity index (χ1) is 6.27. The standard InChI is InChI=1S/C10H7ClFN/c11-8-4-3-7(6-9(8)12)10-2-1-5-13-10/h1-6,13H. The zero-order valence-electron chi connectivity index (χ0n) is 6.72. The van der Waals surface area contributed by atoms with Crippen LogP contribution in [0.1, 0.15) is 0 Å². The molecule has 66 valence electrons. The lowest BCUT2D eigenvalue weighted by Gasteiger charge is -1.99. The summed E-state index contributed by atoms with van der Waals surface area (Å²) in [7, 11) is 0.